The molecule has 1 atom stereocenters. The molecule has 0 unspecified atom stereocenters. The van der Waals surface area contributed by atoms with Gasteiger partial charge in [-0.15, -0.1) is 0 Å². The normalized spacial score (nSPS) is 14.5. The number of hydrogen-bond acceptors (Lipinski definition) is 7. The van der Waals surface area contributed by atoms with E-state index in [0.29, 0.717) is 12.1 Å². The van der Waals surface area contributed by atoms with Crippen molar-refractivity contribution in [1.29, 1.82) is 0 Å². The average Bonchev–Trinajstić information content (AvgIpc) is 3.32. The van der Waals surface area contributed by atoms with Gasteiger partial charge >= 0.3 is 10.6 Å². The van der Waals surface area contributed by atoms with Crippen LogP contribution in [0.3, 0.4) is 0 Å². The third-order valence-electron chi connectivity index (χ3n) is 5.66. The van der Waals surface area contributed by atoms with Crippen LogP contribution in [0.2, 0.25) is 10.0 Å². The van der Waals surface area contributed by atoms with Crippen LogP contribution in [-0.4, -0.2) is 63.2 Å². The number of likely N-dealkylation sites (N-methyl/N-ethyl adjacent to an activating group) is 1. The number of hydrogen-bond donors (Lipinski definition) is 2. The van der Waals surface area contributed by atoms with Crippen molar-refractivity contribution in [2.45, 2.75) is 25.3 Å². The van der Waals surface area contributed by atoms with Crippen molar-refractivity contribution in [3.05, 3.63) is 63.6 Å². The number of carbonyl (C=O) groups is 3. The van der Waals surface area contributed by atoms with Gasteiger partial charge in [-0.25, -0.2) is 13.3 Å². The van der Waals surface area contributed by atoms with Gasteiger partial charge in [-0.3, -0.25) is 4.79 Å². The number of carboxylic acid groups (broad SMARTS) is 2. The lowest BCUT2D eigenvalue weighted by molar-refractivity contribution is -0.131. The zero-order chi connectivity index (χ0) is 25.5. The molecule has 3 rings (SSSR count). The molecule has 0 bridgehead atoms. The molecule has 12 heteroatoms. The van der Waals surface area contributed by atoms with Crippen molar-refractivity contribution in [2.75, 3.05) is 30.4 Å². The maximum Gasteiger partial charge on any atom is 0.386 e. The number of halogens is 2. The molecule has 2 aromatic rings. The number of benzene rings is 2. The zero-order valence-electron chi connectivity index (χ0n) is 18.9. The fourth-order valence-electron chi connectivity index (χ4n) is 3.95. The first kappa shape index (κ1) is 27.5. The lowest BCUT2D eigenvalue weighted by Gasteiger charge is -2.32. The molecule has 1 heterocycles. The van der Waals surface area contributed by atoms with Crippen molar-refractivity contribution in [2.24, 2.45) is 0 Å². The maximum absolute atomic E-state index is 13.5. The largest absolute Gasteiger partial charge is 0.472 e. The predicted molar refractivity (Wildman–Crippen MR) is 142 cm³/mol. The number of carbonyl (C=O) groups excluding carboxylic acids is 1. The van der Waals surface area contributed by atoms with Crippen LogP contribution in [0.4, 0.5) is 15.3 Å². The van der Waals surface area contributed by atoms with Crippen LogP contribution in [0.5, 0.6) is 0 Å². The van der Waals surface area contributed by atoms with Crippen molar-refractivity contribution in [3.63, 3.8) is 0 Å². The molecule has 2 N–H and O–H groups in total. The van der Waals surface area contributed by atoms with Crippen molar-refractivity contribution in [3.8, 4) is 0 Å². The summed E-state index contributed by atoms with van der Waals surface area (Å²) in [5.41, 5.74) is 1.55. The van der Waals surface area contributed by atoms with Crippen LogP contribution in [0.15, 0.2) is 42.5 Å². The first-order chi connectivity index (χ1) is 16.7. The highest BCUT2D eigenvalue weighted by Crippen LogP contribution is 2.39. The van der Waals surface area contributed by atoms with E-state index in [9.17, 15) is 24.6 Å². The molecule has 0 saturated carbocycles. The Hall–Kier alpha value is -2.11. The van der Waals surface area contributed by atoms with E-state index in [1.165, 1.54) is 12.1 Å². The lowest BCUT2D eigenvalue weighted by atomic mass is 10.0. The molecule has 2 aromatic carbocycles. The topological polar surface area (TPSA) is 101 Å². The van der Waals surface area contributed by atoms with E-state index in [0.717, 1.165) is 35.2 Å². The van der Waals surface area contributed by atoms with Gasteiger partial charge in [0.15, 0.2) is 0 Å². The summed E-state index contributed by atoms with van der Waals surface area (Å²) in [5.74, 6) is -0.224. The Morgan fingerprint density at radius 3 is 2.14 bits per heavy atom. The number of amides is 1. The minimum Gasteiger partial charge on any atom is -0.472 e. The third-order valence-corrected chi connectivity index (χ3v) is 7.86. The molecule has 188 valence electrons. The van der Waals surface area contributed by atoms with Crippen LogP contribution in [-0.2, 0) is 11.2 Å². The van der Waals surface area contributed by atoms with Crippen LogP contribution >= 0.6 is 47.1 Å². The number of rotatable bonds is 9. The minimum atomic E-state index is -1.31. The second-order valence-electron chi connectivity index (χ2n) is 7.98. The molecular weight excluding hydrogens is 533 g/mol. The highest BCUT2D eigenvalue weighted by atomic mass is 35.5. The van der Waals surface area contributed by atoms with Gasteiger partial charge in [0.05, 0.1) is 52.1 Å². The Morgan fingerprint density at radius 1 is 1.00 bits per heavy atom. The highest BCUT2D eigenvalue weighted by Gasteiger charge is 2.28. The van der Waals surface area contributed by atoms with E-state index in [1.807, 2.05) is 30.3 Å². The molecule has 1 aliphatic heterocycles. The monoisotopic (exact) mass is 557 g/mol. The molecule has 1 aliphatic rings. The van der Waals surface area contributed by atoms with Gasteiger partial charge < -0.3 is 20.0 Å². The molecule has 0 aliphatic carbocycles. The first-order valence-corrected chi connectivity index (χ1v) is 13.1. The number of likely N-dealkylation sites (tertiary alicyclic amines) is 1. The number of anilines is 1. The van der Waals surface area contributed by atoms with E-state index in [1.54, 1.807) is 11.9 Å². The molecular formula is C23H25Cl2N3O5S2. The minimum absolute atomic E-state index is 0.115. The van der Waals surface area contributed by atoms with Crippen LogP contribution in [0.1, 0.15) is 30.0 Å². The maximum atomic E-state index is 13.5. The van der Waals surface area contributed by atoms with Gasteiger partial charge in [-0.1, -0.05) is 53.5 Å². The van der Waals surface area contributed by atoms with E-state index >= 15 is 0 Å². The van der Waals surface area contributed by atoms with Crippen LogP contribution in [0, 0.1) is 0 Å². The molecule has 1 amide bonds. The highest BCUT2D eigenvalue weighted by molar-refractivity contribution is 8.30. The fourth-order valence-corrected chi connectivity index (χ4v) is 5.64. The Morgan fingerprint density at radius 2 is 1.57 bits per heavy atom. The molecule has 8 nitrogen and oxygen atoms in total. The van der Waals surface area contributed by atoms with Gasteiger partial charge in [0.1, 0.15) is 0 Å². The summed E-state index contributed by atoms with van der Waals surface area (Å²) in [6, 6.07) is 12.4. The molecule has 0 spiro atoms. The summed E-state index contributed by atoms with van der Waals surface area (Å²) < 4.78 is 0.994. The Bertz CT molecular complexity index is 1050. The van der Waals surface area contributed by atoms with Gasteiger partial charge in [-0.05, 0) is 49.2 Å². The fraction of sp³-hybridized carbons (Fsp3) is 0.348. The Labute approximate surface area is 222 Å². The summed E-state index contributed by atoms with van der Waals surface area (Å²) in [6.45, 7) is 2.66. The van der Waals surface area contributed by atoms with Crippen LogP contribution in [0.25, 0.3) is 0 Å². The van der Waals surface area contributed by atoms with Crippen LogP contribution < -0.4 is 3.71 Å². The van der Waals surface area contributed by atoms with Gasteiger partial charge in [0, 0.05) is 13.6 Å². The molecule has 0 aromatic heterocycles. The number of nitrogens with zero attached hydrogens (tertiary/aromatic N) is 3. The van der Waals surface area contributed by atoms with Gasteiger partial charge in [-0.2, -0.15) is 0 Å². The van der Waals surface area contributed by atoms with E-state index in [-0.39, 0.29) is 58.0 Å². The predicted octanol–water partition coefficient (Wildman–Crippen LogP) is 6.29. The summed E-state index contributed by atoms with van der Waals surface area (Å²) in [4.78, 5) is 40.2. The van der Waals surface area contributed by atoms with Crippen molar-refractivity contribution in [1.82, 2.24) is 9.80 Å². The van der Waals surface area contributed by atoms with Gasteiger partial charge in [0.25, 0.3) is 0 Å². The summed E-state index contributed by atoms with van der Waals surface area (Å²) >= 11 is 12.9. The summed E-state index contributed by atoms with van der Waals surface area (Å²) in [7, 11) is 1.74. The van der Waals surface area contributed by atoms with E-state index < -0.39 is 10.6 Å². The molecule has 1 saturated heterocycles. The summed E-state index contributed by atoms with van der Waals surface area (Å²) in [6.07, 6.45) is 2.14. The second-order valence-corrected chi connectivity index (χ2v) is 10.8. The van der Waals surface area contributed by atoms with Crippen molar-refractivity contribution < 1.29 is 24.6 Å². The SMILES string of the molecule is CN(C(=O)Cc1cc(Cl)c(Cl)cc1N(SC(=O)O)SC(=O)O)[C@H](CN1CCCC1)c1ccccc1. The van der Waals surface area contributed by atoms with E-state index in [4.69, 9.17) is 23.2 Å². The average molecular weight is 559 g/mol. The molecule has 35 heavy (non-hydrogen) atoms. The summed E-state index contributed by atoms with van der Waals surface area (Å²) in [5, 5.41) is 16.2. The second kappa shape index (κ2) is 12.7. The Kier molecular flexibility index (Phi) is 9.99. The third kappa shape index (κ3) is 7.68. The first-order valence-electron chi connectivity index (χ1n) is 10.8. The molecule has 1 fully saturated rings. The zero-order valence-corrected chi connectivity index (χ0v) is 22.0. The van der Waals surface area contributed by atoms with Crippen molar-refractivity contribution >= 4 is 69.3 Å². The smallest absolute Gasteiger partial charge is 0.386 e. The molecule has 0 radical (unpaired) electrons. The quantitative estimate of drug-likeness (QED) is 0.344. The standard InChI is InChI=1S/C23H25Cl2N3O5S2/c1-26(20(14-27-9-5-6-10-27)15-7-3-2-4-8-15)21(29)12-16-11-17(24)18(25)13-19(16)28(34-22(30)31)35-23(32)33/h2-4,7-8,11,13,20H,5-6,9-10,12,14H2,1H3,(H,30,31)(H,32,33)/t20-/m1/s1. The Balaban J connectivity index is 1.90. The van der Waals surface area contributed by atoms with Gasteiger partial charge in [0.2, 0.25) is 5.91 Å². The lowest BCUT2D eigenvalue weighted by Crippen LogP contribution is -2.39. The van der Waals surface area contributed by atoms with E-state index in [2.05, 4.69) is 4.90 Å².